The minimum Gasteiger partial charge on any atom is -0.490 e. The number of anilines is 1. The van der Waals surface area contributed by atoms with Gasteiger partial charge in [0.2, 0.25) is 0 Å². The maximum Gasteiger partial charge on any atom is 0.331 e. The third-order valence-corrected chi connectivity index (χ3v) is 3.77. The lowest BCUT2D eigenvalue weighted by molar-refractivity contribution is -0.142. The highest BCUT2D eigenvalue weighted by molar-refractivity contribution is 6.35. The summed E-state index contributed by atoms with van der Waals surface area (Å²) in [6, 6.07) is 11.8. The summed E-state index contributed by atoms with van der Waals surface area (Å²) in [5.74, 6) is -0.468. The third-order valence-electron chi connectivity index (χ3n) is 3.21. The van der Waals surface area contributed by atoms with Crippen LogP contribution in [0.2, 0.25) is 10.0 Å². The van der Waals surface area contributed by atoms with Crippen LogP contribution < -0.4 is 10.1 Å². The molecule has 2 aromatic carbocycles. The molecule has 0 atom stereocenters. The van der Waals surface area contributed by atoms with Crippen molar-refractivity contribution in [3.63, 3.8) is 0 Å². The first-order valence-electron chi connectivity index (χ1n) is 7.91. The molecule has 0 radical (unpaired) electrons. The van der Waals surface area contributed by atoms with E-state index in [0.717, 1.165) is 5.56 Å². The Labute approximate surface area is 167 Å². The summed E-state index contributed by atoms with van der Waals surface area (Å²) in [6.45, 7) is 3.55. The van der Waals surface area contributed by atoms with Crippen molar-refractivity contribution in [3.8, 4) is 5.75 Å². The first-order valence-corrected chi connectivity index (χ1v) is 8.67. The molecule has 5 nitrogen and oxygen atoms in total. The number of amides is 1. The summed E-state index contributed by atoms with van der Waals surface area (Å²) in [6.07, 6.45) is 4.46. The van der Waals surface area contributed by atoms with E-state index in [0.29, 0.717) is 28.1 Å². The van der Waals surface area contributed by atoms with Crippen LogP contribution in [0.1, 0.15) is 5.56 Å². The Kier molecular flexibility index (Phi) is 7.92. The van der Waals surface area contributed by atoms with Gasteiger partial charge in [0.05, 0.1) is 10.7 Å². The van der Waals surface area contributed by atoms with E-state index in [2.05, 4.69) is 11.9 Å². The number of rotatable bonds is 8. The second-order valence-corrected chi connectivity index (χ2v) is 6.13. The third kappa shape index (κ3) is 7.17. The normalized spacial score (nSPS) is 10.4. The molecule has 27 heavy (non-hydrogen) atoms. The largest absolute Gasteiger partial charge is 0.490 e. The maximum absolute atomic E-state index is 11.8. The number of carbonyl (C=O) groups is 2. The fourth-order valence-electron chi connectivity index (χ4n) is 1.96. The van der Waals surface area contributed by atoms with Gasteiger partial charge in [-0.05, 0) is 42.0 Å². The monoisotopic (exact) mass is 405 g/mol. The highest BCUT2D eigenvalue weighted by atomic mass is 35.5. The van der Waals surface area contributed by atoms with Gasteiger partial charge in [0, 0.05) is 11.1 Å². The zero-order valence-electron chi connectivity index (χ0n) is 14.3. The van der Waals surface area contributed by atoms with Crippen LogP contribution in [0.25, 0.3) is 6.08 Å². The first kappa shape index (κ1) is 20.6. The van der Waals surface area contributed by atoms with Crippen molar-refractivity contribution < 1.29 is 19.1 Å². The molecule has 1 N–H and O–H groups in total. The van der Waals surface area contributed by atoms with Crippen LogP contribution in [0.3, 0.4) is 0 Å². The molecule has 0 aliphatic carbocycles. The van der Waals surface area contributed by atoms with Gasteiger partial charge >= 0.3 is 5.97 Å². The molecule has 0 aliphatic heterocycles. The minimum atomic E-state index is -0.644. The molecule has 0 spiro atoms. The second kappa shape index (κ2) is 10.4. The summed E-state index contributed by atoms with van der Waals surface area (Å²) in [5, 5.41) is 3.28. The lowest BCUT2D eigenvalue weighted by atomic mass is 10.2. The molecule has 0 aliphatic rings. The number of hydrogen-bond acceptors (Lipinski definition) is 4. The van der Waals surface area contributed by atoms with Crippen molar-refractivity contribution in [1.82, 2.24) is 0 Å². The van der Waals surface area contributed by atoms with Gasteiger partial charge in [-0.25, -0.2) is 4.79 Å². The van der Waals surface area contributed by atoms with E-state index in [-0.39, 0.29) is 0 Å². The molecule has 0 saturated carbocycles. The van der Waals surface area contributed by atoms with E-state index in [1.54, 1.807) is 48.6 Å². The number of carbonyl (C=O) groups excluding carboxylic acids is 2. The summed E-state index contributed by atoms with van der Waals surface area (Å²) in [7, 11) is 0. The Morgan fingerprint density at radius 2 is 1.85 bits per heavy atom. The molecule has 0 fully saturated rings. The zero-order valence-corrected chi connectivity index (χ0v) is 15.8. The van der Waals surface area contributed by atoms with Crippen molar-refractivity contribution in [2.75, 3.05) is 18.5 Å². The van der Waals surface area contributed by atoms with E-state index < -0.39 is 18.5 Å². The molecule has 0 aromatic heterocycles. The van der Waals surface area contributed by atoms with E-state index in [1.807, 2.05) is 0 Å². The quantitative estimate of drug-likeness (QED) is 0.390. The van der Waals surface area contributed by atoms with Crippen LogP contribution in [0.4, 0.5) is 5.69 Å². The van der Waals surface area contributed by atoms with E-state index in [4.69, 9.17) is 32.7 Å². The van der Waals surface area contributed by atoms with Gasteiger partial charge in [-0.1, -0.05) is 48.0 Å². The summed E-state index contributed by atoms with van der Waals surface area (Å²) in [4.78, 5) is 23.6. The van der Waals surface area contributed by atoms with Crippen LogP contribution in [-0.2, 0) is 14.3 Å². The molecule has 140 valence electrons. The maximum atomic E-state index is 11.8. The van der Waals surface area contributed by atoms with Crippen LogP contribution in [0.5, 0.6) is 5.75 Å². The van der Waals surface area contributed by atoms with Crippen molar-refractivity contribution >= 4 is 46.8 Å². The Morgan fingerprint density at radius 3 is 2.56 bits per heavy atom. The zero-order chi connectivity index (χ0) is 19.6. The van der Waals surface area contributed by atoms with Crippen molar-refractivity contribution in [2.24, 2.45) is 0 Å². The van der Waals surface area contributed by atoms with Gasteiger partial charge in [-0.3, -0.25) is 4.79 Å². The average molecular weight is 406 g/mol. The summed E-state index contributed by atoms with van der Waals surface area (Å²) in [5.41, 5.74) is 1.13. The fourth-order valence-corrected chi connectivity index (χ4v) is 2.30. The lowest BCUT2D eigenvalue weighted by Crippen LogP contribution is -2.20. The molecular weight excluding hydrogens is 389 g/mol. The molecular formula is C20H17Cl2NO4. The van der Waals surface area contributed by atoms with Gasteiger partial charge in [-0.15, -0.1) is 0 Å². The number of benzene rings is 2. The van der Waals surface area contributed by atoms with Crippen molar-refractivity contribution in [1.29, 1.82) is 0 Å². The number of esters is 1. The van der Waals surface area contributed by atoms with Gasteiger partial charge in [0.1, 0.15) is 12.4 Å². The Morgan fingerprint density at radius 1 is 1.11 bits per heavy atom. The van der Waals surface area contributed by atoms with Crippen LogP contribution in [-0.4, -0.2) is 25.1 Å². The number of nitrogens with one attached hydrogen (secondary N) is 1. The summed E-state index contributed by atoms with van der Waals surface area (Å²) < 4.78 is 10.3. The molecule has 7 heteroatoms. The lowest BCUT2D eigenvalue weighted by Gasteiger charge is -2.07. The number of halogens is 2. The van der Waals surface area contributed by atoms with Gasteiger partial charge in [0.25, 0.3) is 5.91 Å². The average Bonchev–Trinajstić information content (AvgIpc) is 2.66. The predicted molar refractivity (Wildman–Crippen MR) is 107 cm³/mol. The predicted octanol–water partition coefficient (Wildman–Crippen LogP) is 4.75. The van der Waals surface area contributed by atoms with Gasteiger partial charge in [-0.2, -0.15) is 0 Å². The van der Waals surface area contributed by atoms with Gasteiger partial charge < -0.3 is 14.8 Å². The topological polar surface area (TPSA) is 64.6 Å². The standard InChI is InChI=1S/C20H17Cl2NO4/c1-2-11-26-16-7-3-14(4-8-16)5-10-20(25)27-13-19(24)23-18-12-15(21)6-9-17(18)22/h2-10,12H,1,11,13H2,(H,23,24)/b10-5+. The molecule has 0 heterocycles. The first-order chi connectivity index (χ1) is 13.0. The molecule has 0 saturated heterocycles. The minimum absolute atomic E-state index is 0.333. The van der Waals surface area contributed by atoms with Gasteiger partial charge in [0.15, 0.2) is 6.61 Å². The van der Waals surface area contributed by atoms with Crippen molar-refractivity contribution in [2.45, 2.75) is 0 Å². The number of ether oxygens (including phenoxy) is 2. The smallest absolute Gasteiger partial charge is 0.331 e. The fraction of sp³-hybridized carbons (Fsp3) is 0.100. The SMILES string of the molecule is C=CCOc1ccc(/C=C/C(=O)OCC(=O)Nc2cc(Cl)ccc2Cl)cc1. The summed E-state index contributed by atoms with van der Waals surface area (Å²) >= 11 is 11.8. The Balaban J connectivity index is 1.81. The van der Waals surface area contributed by atoms with E-state index >= 15 is 0 Å². The highest BCUT2D eigenvalue weighted by Crippen LogP contribution is 2.25. The molecule has 0 bridgehead atoms. The Bertz CT molecular complexity index is 848. The molecule has 2 aromatic rings. The van der Waals surface area contributed by atoms with Crippen LogP contribution in [0, 0.1) is 0 Å². The number of hydrogen-bond donors (Lipinski definition) is 1. The van der Waals surface area contributed by atoms with E-state index in [9.17, 15) is 9.59 Å². The van der Waals surface area contributed by atoms with Crippen molar-refractivity contribution in [3.05, 3.63) is 76.8 Å². The van der Waals surface area contributed by atoms with Crippen LogP contribution >= 0.6 is 23.2 Å². The van der Waals surface area contributed by atoms with Crippen LogP contribution in [0.15, 0.2) is 61.2 Å². The van der Waals surface area contributed by atoms with E-state index in [1.165, 1.54) is 12.1 Å². The highest BCUT2D eigenvalue weighted by Gasteiger charge is 2.08. The molecule has 1 amide bonds. The second-order valence-electron chi connectivity index (χ2n) is 5.28. The molecule has 0 unspecified atom stereocenters. The Hall–Kier alpha value is -2.76. The molecule has 2 rings (SSSR count).